The predicted octanol–water partition coefficient (Wildman–Crippen LogP) is 3.68. The summed E-state index contributed by atoms with van der Waals surface area (Å²) in [5.74, 6) is 0.135. The molecule has 9 heteroatoms. The Bertz CT molecular complexity index is 1100. The third-order valence-electron chi connectivity index (χ3n) is 5.26. The predicted molar refractivity (Wildman–Crippen MR) is 117 cm³/mol. The van der Waals surface area contributed by atoms with Crippen molar-refractivity contribution in [2.24, 2.45) is 5.92 Å². The first kappa shape index (κ1) is 21.6. The van der Waals surface area contributed by atoms with Gasteiger partial charge < -0.3 is 15.2 Å². The highest BCUT2D eigenvalue weighted by atomic mass is 19.1. The lowest BCUT2D eigenvalue weighted by Crippen LogP contribution is -2.40. The molecule has 1 fully saturated rings. The second-order valence-corrected chi connectivity index (χ2v) is 7.84. The highest BCUT2D eigenvalue weighted by Crippen LogP contribution is 2.23. The van der Waals surface area contributed by atoms with Gasteiger partial charge in [-0.25, -0.2) is 4.39 Å². The molecule has 3 aromatic rings. The van der Waals surface area contributed by atoms with Crippen LogP contribution in [0.4, 0.5) is 15.8 Å². The van der Waals surface area contributed by atoms with Crippen LogP contribution in [-0.2, 0) is 16.1 Å². The van der Waals surface area contributed by atoms with Gasteiger partial charge in [0.15, 0.2) is 0 Å². The molecule has 0 spiro atoms. The standard InChI is InChI=1S/C23H24FN5O3/c1-15(30)25-19-5-2-6-20(12-19)26-23(31)17-4-3-11-29(13-17)14-21-27-22(28-32-21)16-7-9-18(24)10-8-16/h2,5-10,12,17H,3-4,11,13-14H2,1H3,(H,25,30)(H,26,31). The molecule has 1 atom stereocenters. The zero-order valence-corrected chi connectivity index (χ0v) is 17.7. The summed E-state index contributed by atoms with van der Waals surface area (Å²) in [7, 11) is 0. The molecule has 1 aliphatic rings. The number of halogens is 1. The van der Waals surface area contributed by atoms with Crippen LogP contribution in [0, 0.1) is 11.7 Å². The minimum absolute atomic E-state index is 0.0628. The topological polar surface area (TPSA) is 100 Å². The summed E-state index contributed by atoms with van der Waals surface area (Å²) in [4.78, 5) is 30.6. The van der Waals surface area contributed by atoms with E-state index in [4.69, 9.17) is 4.52 Å². The van der Waals surface area contributed by atoms with Gasteiger partial charge in [-0.1, -0.05) is 11.2 Å². The van der Waals surface area contributed by atoms with E-state index in [9.17, 15) is 14.0 Å². The lowest BCUT2D eigenvalue weighted by atomic mass is 9.97. The largest absolute Gasteiger partial charge is 0.338 e. The van der Waals surface area contributed by atoms with Crippen LogP contribution in [0.15, 0.2) is 53.1 Å². The minimum Gasteiger partial charge on any atom is -0.338 e. The molecule has 4 rings (SSSR count). The number of carbonyl (C=O) groups excluding carboxylic acids is 2. The van der Waals surface area contributed by atoms with Crippen molar-refractivity contribution in [2.75, 3.05) is 23.7 Å². The van der Waals surface area contributed by atoms with E-state index in [2.05, 4.69) is 25.7 Å². The van der Waals surface area contributed by atoms with E-state index in [-0.39, 0.29) is 23.5 Å². The maximum atomic E-state index is 13.1. The first-order chi connectivity index (χ1) is 15.5. The Morgan fingerprint density at radius 2 is 1.91 bits per heavy atom. The fourth-order valence-corrected chi connectivity index (χ4v) is 3.76. The van der Waals surface area contributed by atoms with Crippen molar-refractivity contribution >= 4 is 23.2 Å². The molecule has 0 bridgehead atoms. The van der Waals surface area contributed by atoms with Crippen molar-refractivity contribution in [1.29, 1.82) is 0 Å². The highest BCUT2D eigenvalue weighted by Gasteiger charge is 2.27. The lowest BCUT2D eigenvalue weighted by molar-refractivity contribution is -0.121. The Balaban J connectivity index is 1.35. The van der Waals surface area contributed by atoms with Crippen LogP contribution in [0.3, 0.4) is 0 Å². The number of hydrogen-bond donors (Lipinski definition) is 2. The normalized spacial score (nSPS) is 16.5. The number of hydrogen-bond acceptors (Lipinski definition) is 6. The Labute approximate surface area is 184 Å². The van der Waals surface area contributed by atoms with E-state index in [0.717, 1.165) is 19.4 Å². The van der Waals surface area contributed by atoms with Crippen molar-refractivity contribution < 1.29 is 18.5 Å². The molecule has 166 valence electrons. The van der Waals surface area contributed by atoms with Gasteiger partial charge in [0, 0.05) is 30.4 Å². The molecule has 1 aromatic heterocycles. The van der Waals surface area contributed by atoms with Gasteiger partial charge in [0.05, 0.1) is 12.5 Å². The summed E-state index contributed by atoms with van der Waals surface area (Å²) in [6, 6.07) is 13.0. The third kappa shape index (κ3) is 5.55. The Morgan fingerprint density at radius 1 is 1.16 bits per heavy atom. The van der Waals surface area contributed by atoms with Crippen LogP contribution >= 0.6 is 0 Å². The fraction of sp³-hybridized carbons (Fsp3) is 0.304. The summed E-state index contributed by atoms with van der Waals surface area (Å²) in [5.41, 5.74) is 1.95. The minimum atomic E-state index is -0.322. The summed E-state index contributed by atoms with van der Waals surface area (Å²) < 4.78 is 18.5. The van der Waals surface area contributed by atoms with E-state index in [0.29, 0.717) is 41.7 Å². The molecule has 1 saturated heterocycles. The number of carbonyl (C=O) groups is 2. The molecule has 2 heterocycles. The van der Waals surface area contributed by atoms with E-state index < -0.39 is 0 Å². The average molecular weight is 437 g/mol. The van der Waals surface area contributed by atoms with Gasteiger partial charge in [0.1, 0.15) is 5.82 Å². The molecule has 8 nitrogen and oxygen atoms in total. The number of amides is 2. The maximum absolute atomic E-state index is 13.1. The van der Waals surface area contributed by atoms with Gasteiger partial charge in [0.2, 0.25) is 23.5 Å². The van der Waals surface area contributed by atoms with Gasteiger partial charge in [-0.3, -0.25) is 14.5 Å². The molecule has 2 aromatic carbocycles. The smallest absolute Gasteiger partial charge is 0.241 e. The first-order valence-corrected chi connectivity index (χ1v) is 10.5. The number of nitrogens with one attached hydrogen (secondary N) is 2. The number of aromatic nitrogens is 2. The highest BCUT2D eigenvalue weighted by molar-refractivity contribution is 5.94. The third-order valence-corrected chi connectivity index (χ3v) is 5.26. The van der Waals surface area contributed by atoms with Gasteiger partial charge in [-0.2, -0.15) is 4.98 Å². The Kier molecular flexibility index (Phi) is 6.55. The van der Waals surface area contributed by atoms with Crippen molar-refractivity contribution in [1.82, 2.24) is 15.0 Å². The zero-order valence-electron chi connectivity index (χ0n) is 17.7. The molecule has 2 amide bonds. The molecule has 1 unspecified atom stereocenters. The summed E-state index contributed by atoms with van der Waals surface area (Å²) in [6.07, 6.45) is 1.67. The SMILES string of the molecule is CC(=O)Nc1cccc(NC(=O)C2CCCN(Cc3nc(-c4ccc(F)cc4)no3)C2)c1. The van der Waals surface area contributed by atoms with Gasteiger partial charge in [-0.15, -0.1) is 0 Å². The average Bonchev–Trinajstić information content (AvgIpc) is 3.22. The van der Waals surface area contributed by atoms with Gasteiger partial charge in [-0.05, 0) is 61.9 Å². The number of piperidine rings is 1. The van der Waals surface area contributed by atoms with Crippen molar-refractivity contribution in [3.8, 4) is 11.4 Å². The van der Waals surface area contributed by atoms with Gasteiger partial charge in [0.25, 0.3) is 0 Å². The quantitative estimate of drug-likeness (QED) is 0.610. The van der Waals surface area contributed by atoms with Crippen molar-refractivity contribution in [2.45, 2.75) is 26.3 Å². The van der Waals surface area contributed by atoms with Crippen molar-refractivity contribution in [3.63, 3.8) is 0 Å². The number of rotatable bonds is 6. The van der Waals surface area contributed by atoms with E-state index in [1.165, 1.54) is 19.1 Å². The number of anilines is 2. The van der Waals surface area contributed by atoms with Gasteiger partial charge >= 0.3 is 0 Å². The van der Waals surface area contributed by atoms with Crippen LogP contribution < -0.4 is 10.6 Å². The second-order valence-electron chi connectivity index (χ2n) is 7.84. The van der Waals surface area contributed by atoms with Crippen LogP contribution in [0.25, 0.3) is 11.4 Å². The maximum Gasteiger partial charge on any atom is 0.241 e. The molecule has 0 radical (unpaired) electrons. The summed E-state index contributed by atoms with van der Waals surface area (Å²) in [6.45, 7) is 3.28. The molecule has 1 aliphatic heterocycles. The number of benzene rings is 2. The summed E-state index contributed by atoms with van der Waals surface area (Å²) in [5, 5.41) is 9.63. The lowest BCUT2D eigenvalue weighted by Gasteiger charge is -2.30. The number of nitrogens with zero attached hydrogens (tertiary/aromatic N) is 3. The monoisotopic (exact) mass is 437 g/mol. The van der Waals surface area contributed by atoms with Crippen LogP contribution in [0.5, 0.6) is 0 Å². The molecule has 32 heavy (non-hydrogen) atoms. The van der Waals surface area contributed by atoms with Crippen LogP contribution in [-0.4, -0.2) is 39.9 Å². The van der Waals surface area contributed by atoms with E-state index in [1.807, 2.05) is 0 Å². The fourth-order valence-electron chi connectivity index (χ4n) is 3.76. The Morgan fingerprint density at radius 3 is 2.66 bits per heavy atom. The van der Waals surface area contributed by atoms with E-state index in [1.54, 1.807) is 36.4 Å². The van der Waals surface area contributed by atoms with Crippen LogP contribution in [0.1, 0.15) is 25.7 Å². The first-order valence-electron chi connectivity index (χ1n) is 10.5. The zero-order chi connectivity index (χ0) is 22.5. The number of likely N-dealkylation sites (tertiary alicyclic amines) is 1. The molecular formula is C23H24FN5O3. The van der Waals surface area contributed by atoms with Crippen LogP contribution in [0.2, 0.25) is 0 Å². The summed E-state index contributed by atoms with van der Waals surface area (Å²) >= 11 is 0. The Hall–Kier alpha value is -3.59. The molecule has 0 aliphatic carbocycles. The molecular weight excluding hydrogens is 413 g/mol. The van der Waals surface area contributed by atoms with Crippen molar-refractivity contribution in [3.05, 3.63) is 60.2 Å². The molecule has 0 saturated carbocycles. The molecule has 2 N–H and O–H groups in total. The van der Waals surface area contributed by atoms with E-state index >= 15 is 0 Å². The second kappa shape index (κ2) is 9.69.